The predicted octanol–water partition coefficient (Wildman–Crippen LogP) is 7.25. The number of carbonyl (C=O) groups excluding carboxylic acids is 2. The molecule has 2 aliphatic heterocycles. The Morgan fingerprint density at radius 2 is 1.56 bits per heavy atom. The summed E-state index contributed by atoms with van der Waals surface area (Å²) < 4.78 is 34.2. The summed E-state index contributed by atoms with van der Waals surface area (Å²) in [5.41, 5.74) is -1.66. The number of aliphatic hydroxyl groups is 2. The number of carbonyl (C=O) groups is 2. The minimum absolute atomic E-state index is 0.00854. The summed E-state index contributed by atoms with van der Waals surface area (Å²) in [7, 11) is 1.56. The number of ether oxygens (including phenoxy) is 4. The number of aliphatic hydroxyl groups excluding tert-OH is 2. The van der Waals surface area contributed by atoms with Crippen molar-refractivity contribution in [3.63, 3.8) is 0 Å². The fourth-order valence-corrected chi connectivity index (χ4v) is 5.65. The van der Waals surface area contributed by atoms with Crippen LogP contribution in [0.4, 0.5) is 0 Å². The average molecular weight is 759 g/mol. The fraction of sp³-hybridized carbons (Fsp3) is 0.442. The minimum atomic E-state index is -0.883. The van der Waals surface area contributed by atoms with Crippen molar-refractivity contribution in [1.29, 1.82) is 0 Å². The molecule has 296 valence electrons. The van der Waals surface area contributed by atoms with Crippen molar-refractivity contribution in [1.82, 2.24) is 9.97 Å². The summed E-state index contributed by atoms with van der Waals surface area (Å²) >= 11 is 0. The van der Waals surface area contributed by atoms with Crippen LogP contribution in [0.1, 0.15) is 87.1 Å². The molecule has 0 spiro atoms. The predicted molar refractivity (Wildman–Crippen MR) is 208 cm³/mol. The Balaban J connectivity index is 1.56. The van der Waals surface area contributed by atoms with Crippen LogP contribution in [0, 0.1) is 10.8 Å². The molecular weight excluding hydrogens is 704 g/mol. The van der Waals surface area contributed by atoms with E-state index in [1.165, 1.54) is 12.5 Å². The second-order valence-electron chi connectivity index (χ2n) is 14.5. The van der Waals surface area contributed by atoms with Crippen LogP contribution in [0.5, 0.6) is 0 Å². The number of hydrogen-bond acceptors (Lipinski definition) is 12. The van der Waals surface area contributed by atoms with Crippen LogP contribution in [0.3, 0.4) is 0 Å². The lowest BCUT2D eigenvalue weighted by molar-refractivity contribution is -0.0457. The van der Waals surface area contributed by atoms with Crippen LogP contribution in [0.2, 0.25) is 0 Å². The Kier molecular flexibility index (Phi) is 15.7. The highest BCUT2D eigenvalue weighted by atomic mass is 16.6. The lowest BCUT2D eigenvalue weighted by Gasteiger charge is -2.36. The smallest absolute Gasteiger partial charge is 0.360 e. The number of fused-ring (bicyclic) bond motifs is 5. The van der Waals surface area contributed by atoms with Gasteiger partial charge in [0.2, 0.25) is 5.89 Å². The number of epoxide rings is 1. The lowest BCUT2D eigenvalue weighted by atomic mass is 9.79. The van der Waals surface area contributed by atoms with Gasteiger partial charge in [0.25, 0.3) is 0 Å². The monoisotopic (exact) mass is 758 g/mol. The first-order chi connectivity index (χ1) is 26.3. The molecule has 4 heterocycles. The first kappa shape index (κ1) is 42.9. The molecule has 4 bridgehead atoms. The number of hydrogen-bond donors (Lipinski definition) is 2. The van der Waals surface area contributed by atoms with Crippen molar-refractivity contribution in [2.24, 2.45) is 10.8 Å². The zero-order chi connectivity index (χ0) is 40.0. The van der Waals surface area contributed by atoms with Crippen LogP contribution in [-0.4, -0.2) is 82.0 Å². The van der Waals surface area contributed by atoms with Crippen LogP contribution >= 0.6 is 0 Å². The Morgan fingerprint density at radius 3 is 2.31 bits per heavy atom. The lowest BCUT2D eigenvalue weighted by Crippen LogP contribution is -2.42. The summed E-state index contributed by atoms with van der Waals surface area (Å²) in [6.45, 7) is 11.0. The zero-order valence-corrected chi connectivity index (χ0v) is 32.6. The van der Waals surface area contributed by atoms with Gasteiger partial charge in [-0.15, -0.1) is 0 Å². The van der Waals surface area contributed by atoms with E-state index in [1.54, 1.807) is 49.6 Å². The number of cyclic esters (lactones) is 2. The van der Waals surface area contributed by atoms with Gasteiger partial charge in [0.05, 0.1) is 24.7 Å². The maximum Gasteiger partial charge on any atom is 0.360 e. The van der Waals surface area contributed by atoms with Gasteiger partial charge in [-0.2, -0.15) is 0 Å². The number of oxazole rings is 2. The van der Waals surface area contributed by atoms with E-state index < -0.39 is 53.3 Å². The standard InChI is InChI=1S/C43H54N2O10/c1-8-18-34(46)42(3,4)37-24-17-22-33-32(53-33)21-15-16-25-38-44-30(27-51-38)40(48)54-36(19-9-2)43(5,6)35(47)23-14-12-10-11-13-20-29(50-7)26-39-45-31(28-52-39)41(49)55-37/h8-22,25,27-29,32-37,46-47H,23-24,26H2,1-7H3/b11-10?,14-12?,18-8+,19-9+,20-13?,21-15?,22-17?,25-16?/t29-,32+,33-,34-,35-,36+,37-/m0/s1. The number of esters is 2. The summed E-state index contributed by atoms with van der Waals surface area (Å²) in [5, 5.41) is 22.0. The molecule has 1 fully saturated rings. The summed E-state index contributed by atoms with van der Waals surface area (Å²) in [4.78, 5) is 35.0. The Hall–Kier alpha value is -4.88. The second kappa shape index (κ2) is 20.2. The molecule has 2 aliphatic rings. The van der Waals surface area contributed by atoms with Gasteiger partial charge in [-0.25, -0.2) is 19.6 Å². The van der Waals surface area contributed by atoms with Crippen molar-refractivity contribution >= 4 is 18.0 Å². The summed E-state index contributed by atoms with van der Waals surface area (Å²) in [6.07, 6.45) is 28.1. The van der Waals surface area contributed by atoms with Gasteiger partial charge in [0, 0.05) is 30.4 Å². The molecule has 0 saturated carbocycles. The van der Waals surface area contributed by atoms with E-state index in [9.17, 15) is 19.8 Å². The SMILES string of the molecule is C/C=C/[C@H](O)C(C)(C)[C@@H]1CC=C[C@@H]2O[C@@H]2C=CC=Cc2nc(co2)C(=O)O[C@H](/C=C/C)C(C)(C)[C@@H](O)CC=CC=CC=C[C@H](OC)Cc2nc(co2)C(=O)O1. The molecule has 4 rings (SSSR count). The molecular formula is C43H54N2O10. The first-order valence-corrected chi connectivity index (χ1v) is 18.4. The molecule has 2 aromatic rings. The van der Waals surface area contributed by atoms with E-state index >= 15 is 0 Å². The van der Waals surface area contributed by atoms with Crippen LogP contribution in [-0.2, 0) is 25.4 Å². The minimum Gasteiger partial charge on any atom is -0.457 e. The van der Waals surface area contributed by atoms with Crippen LogP contribution in [0.25, 0.3) is 6.08 Å². The molecule has 7 atom stereocenters. The highest BCUT2D eigenvalue weighted by Crippen LogP contribution is 2.34. The zero-order valence-electron chi connectivity index (χ0n) is 32.6. The molecule has 12 nitrogen and oxygen atoms in total. The number of nitrogens with zero attached hydrogens (tertiary/aromatic N) is 2. The molecule has 0 unspecified atom stereocenters. The third-order valence-corrected chi connectivity index (χ3v) is 9.62. The van der Waals surface area contributed by atoms with E-state index in [2.05, 4.69) is 9.97 Å². The van der Waals surface area contributed by atoms with E-state index in [-0.39, 0.29) is 35.9 Å². The number of aromatic nitrogens is 2. The average Bonchev–Trinajstić information content (AvgIpc) is 3.47. The van der Waals surface area contributed by atoms with E-state index in [0.29, 0.717) is 18.7 Å². The maximum atomic E-state index is 13.3. The fourth-order valence-electron chi connectivity index (χ4n) is 5.65. The third-order valence-electron chi connectivity index (χ3n) is 9.62. The van der Waals surface area contributed by atoms with Gasteiger partial charge in [0.1, 0.15) is 36.9 Å². The molecule has 55 heavy (non-hydrogen) atoms. The van der Waals surface area contributed by atoms with Crippen molar-refractivity contribution in [2.45, 2.75) is 104 Å². The van der Waals surface area contributed by atoms with Gasteiger partial charge in [-0.05, 0) is 26.3 Å². The van der Waals surface area contributed by atoms with Crippen molar-refractivity contribution < 1.29 is 47.6 Å². The molecule has 0 aliphatic carbocycles. The Morgan fingerprint density at radius 1 is 0.873 bits per heavy atom. The normalized spacial score (nSPS) is 26.6. The van der Waals surface area contributed by atoms with E-state index in [0.717, 1.165) is 0 Å². The number of allylic oxidation sites excluding steroid dienone is 8. The van der Waals surface area contributed by atoms with Crippen LogP contribution < -0.4 is 0 Å². The highest BCUT2D eigenvalue weighted by molar-refractivity contribution is 5.87. The van der Waals surface area contributed by atoms with E-state index in [4.69, 9.17) is 27.8 Å². The Labute approximate surface area is 323 Å². The van der Waals surface area contributed by atoms with Gasteiger partial charge in [-0.1, -0.05) is 113 Å². The highest BCUT2D eigenvalue weighted by Gasteiger charge is 2.40. The summed E-state index contributed by atoms with van der Waals surface area (Å²) in [5.74, 6) is -0.829. The number of methoxy groups -OCH3 is 1. The molecule has 0 amide bonds. The van der Waals surface area contributed by atoms with Crippen molar-refractivity contribution in [3.05, 3.63) is 127 Å². The molecule has 1 saturated heterocycles. The van der Waals surface area contributed by atoms with Gasteiger partial charge in [-0.3, -0.25) is 0 Å². The third kappa shape index (κ3) is 12.3. The van der Waals surface area contributed by atoms with Crippen molar-refractivity contribution in [3.8, 4) is 0 Å². The van der Waals surface area contributed by atoms with Gasteiger partial charge >= 0.3 is 11.9 Å². The molecule has 0 radical (unpaired) electrons. The van der Waals surface area contributed by atoms with Crippen LogP contribution in [0.15, 0.2) is 113 Å². The number of rotatable bonds is 5. The molecule has 0 aromatic carbocycles. The molecule has 2 N–H and O–H groups in total. The second-order valence-corrected chi connectivity index (χ2v) is 14.5. The molecule has 12 heteroatoms. The van der Waals surface area contributed by atoms with E-state index in [1.807, 2.05) is 96.2 Å². The maximum absolute atomic E-state index is 13.3. The Bertz CT molecular complexity index is 1800. The molecule has 2 aromatic heterocycles. The van der Waals surface area contributed by atoms with Gasteiger partial charge in [0.15, 0.2) is 17.3 Å². The van der Waals surface area contributed by atoms with Gasteiger partial charge < -0.3 is 38.0 Å². The summed E-state index contributed by atoms with van der Waals surface area (Å²) in [6, 6.07) is 0. The quantitative estimate of drug-likeness (QED) is 0.178. The largest absolute Gasteiger partial charge is 0.457 e. The van der Waals surface area contributed by atoms with Crippen molar-refractivity contribution in [2.75, 3.05) is 7.11 Å². The first-order valence-electron chi connectivity index (χ1n) is 18.4. The topological polar surface area (TPSA) is 167 Å².